The molecule has 1 nitrogen and oxygen atoms in total. The summed E-state index contributed by atoms with van der Waals surface area (Å²) in [5.41, 5.74) is 6.41. The molecule has 0 radical (unpaired) electrons. The maximum atomic E-state index is 5.35. The lowest BCUT2D eigenvalue weighted by Crippen LogP contribution is -1.99. The van der Waals surface area contributed by atoms with Crippen LogP contribution in [-0.2, 0) is 0 Å². The van der Waals surface area contributed by atoms with Crippen LogP contribution in [0.5, 0.6) is 0 Å². The van der Waals surface area contributed by atoms with E-state index < -0.39 is 0 Å². The summed E-state index contributed by atoms with van der Waals surface area (Å²) in [4.78, 5) is 0. The lowest BCUT2D eigenvalue weighted by atomic mass is 10.2. The van der Waals surface area contributed by atoms with Gasteiger partial charge in [0.15, 0.2) is 0 Å². The first-order valence-corrected chi connectivity index (χ1v) is 4.99. The van der Waals surface area contributed by atoms with Crippen LogP contribution < -0.4 is 5.73 Å². The smallest absolute Gasteiger partial charge is 0.0177 e. The second-order valence-corrected chi connectivity index (χ2v) is 1.68. The molecule has 0 atom stereocenters. The van der Waals surface area contributed by atoms with E-state index in [0.717, 1.165) is 5.57 Å². The van der Waals surface area contributed by atoms with Gasteiger partial charge in [0.25, 0.3) is 0 Å². The average molecular weight is 183 g/mol. The number of nitrogens with two attached hydrogens (primary N) is 1. The predicted molar refractivity (Wildman–Crippen MR) is 64.8 cm³/mol. The van der Waals surface area contributed by atoms with Gasteiger partial charge in [-0.25, -0.2) is 0 Å². The quantitative estimate of drug-likeness (QED) is 0.664. The standard InChI is InChI=1S/C8H13N.2C2H6/c1-3-5-6-8(4-2)7-9;2*1-2/h3-6H,2,7,9H2,1H3;2*1-2H3/b5-3-,8-6+;;. The van der Waals surface area contributed by atoms with Crippen molar-refractivity contribution >= 4 is 0 Å². The van der Waals surface area contributed by atoms with E-state index in [-0.39, 0.29) is 0 Å². The summed E-state index contributed by atoms with van der Waals surface area (Å²) >= 11 is 0. The van der Waals surface area contributed by atoms with Crippen LogP contribution in [0.15, 0.2) is 36.5 Å². The Kier molecular flexibility index (Phi) is 31.2. The molecule has 0 aliphatic rings. The molecule has 0 saturated carbocycles. The molecule has 0 aromatic rings. The molecular formula is C12H25N. The summed E-state index contributed by atoms with van der Waals surface area (Å²) in [7, 11) is 0. The van der Waals surface area contributed by atoms with Gasteiger partial charge in [-0.1, -0.05) is 58.6 Å². The first kappa shape index (κ1) is 18.1. The first-order valence-electron chi connectivity index (χ1n) is 4.99. The number of allylic oxidation sites excluding steroid dienone is 3. The molecular weight excluding hydrogens is 158 g/mol. The second-order valence-electron chi connectivity index (χ2n) is 1.68. The van der Waals surface area contributed by atoms with Crippen molar-refractivity contribution in [2.75, 3.05) is 6.54 Å². The van der Waals surface area contributed by atoms with E-state index in [1.807, 2.05) is 52.8 Å². The maximum Gasteiger partial charge on any atom is 0.0177 e. The minimum Gasteiger partial charge on any atom is -0.326 e. The Balaban J connectivity index is -0.000000218. The Hall–Kier alpha value is -0.820. The van der Waals surface area contributed by atoms with Gasteiger partial charge >= 0.3 is 0 Å². The highest BCUT2D eigenvalue weighted by atomic mass is 14.5. The van der Waals surface area contributed by atoms with E-state index in [4.69, 9.17) is 5.73 Å². The van der Waals surface area contributed by atoms with Crippen molar-refractivity contribution in [2.24, 2.45) is 5.73 Å². The Morgan fingerprint density at radius 2 is 1.69 bits per heavy atom. The molecule has 0 aromatic heterocycles. The summed E-state index contributed by atoms with van der Waals surface area (Å²) in [6, 6.07) is 0. The van der Waals surface area contributed by atoms with Crippen LogP contribution in [-0.4, -0.2) is 6.54 Å². The Labute approximate surface area is 84.0 Å². The normalized spacial score (nSPS) is 9.54. The third-order valence-corrected chi connectivity index (χ3v) is 1.00. The van der Waals surface area contributed by atoms with Crippen molar-refractivity contribution in [2.45, 2.75) is 34.6 Å². The molecule has 0 spiro atoms. The van der Waals surface area contributed by atoms with Crippen molar-refractivity contribution in [1.82, 2.24) is 0 Å². The summed E-state index contributed by atoms with van der Waals surface area (Å²) in [5, 5.41) is 0. The van der Waals surface area contributed by atoms with Crippen LogP contribution in [0.1, 0.15) is 34.6 Å². The van der Waals surface area contributed by atoms with Gasteiger partial charge in [-0.15, -0.1) is 0 Å². The Bertz CT molecular complexity index is 132. The molecule has 1 heteroatoms. The summed E-state index contributed by atoms with van der Waals surface area (Å²) in [6.07, 6.45) is 7.62. The highest BCUT2D eigenvalue weighted by Gasteiger charge is 1.79. The van der Waals surface area contributed by atoms with Crippen molar-refractivity contribution in [3.8, 4) is 0 Å². The van der Waals surface area contributed by atoms with E-state index in [2.05, 4.69) is 6.58 Å². The summed E-state index contributed by atoms with van der Waals surface area (Å²) in [5.74, 6) is 0. The fraction of sp³-hybridized carbons (Fsp3) is 0.500. The van der Waals surface area contributed by atoms with Crippen molar-refractivity contribution < 1.29 is 0 Å². The van der Waals surface area contributed by atoms with E-state index >= 15 is 0 Å². The topological polar surface area (TPSA) is 26.0 Å². The molecule has 0 heterocycles. The first-order chi connectivity index (χ1) is 6.35. The summed E-state index contributed by atoms with van der Waals surface area (Å²) in [6.45, 7) is 14.1. The highest BCUT2D eigenvalue weighted by Crippen LogP contribution is 1.91. The lowest BCUT2D eigenvalue weighted by Gasteiger charge is -1.90. The third-order valence-electron chi connectivity index (χ3n) is 1.00. The van der Waals surface area contributed by atoms with Crippen molar-refractivity contribution in [3.63, 3.8) is 0 Å². The zero-order valence-electron chi connectivity index (χ0n) is 9.80. The molecule has 0 rings (SSSR count). The van der Waals surface area contributed by atoms with Crippen LogP contribution >= 0.6 is 0 Å². The molecule has 2 N–H and O–H groups in total. The molecule has 0 bridgehead atoms. The molecule has 0 aliphatic carbocycles. The Morgan fingerprint density at radius 1 is 1.23 bits per heavy atom. The van der Waals surface area contributed by atoms with Gasteiger partial charge in [-0.2, -0.15) is 0 Å². The van der Waals surface area contributed by atoms with Crippen LogP contribution in [0.4, 0.5) is 0 Å². The number of hydrogen-bond donors (Lipinski definition) is 1. The summed E-state index contributed by atoms with van der Waals surface area (Å²) < 4.78 is 0. The molecule has 0 aromatic carbocycles. The molecule has 0 saturated heterocycles. The minimum atomic E-state index is 0.563. The molecule has 13 heavy (non-hydrogen) atoms. The molecule has 78 valence electrons. The monoisotopic (exact) mass is 183 g/mol. The number of hydrogen-bond acceptors (Lipinski definition) is 1. The zero-order chi connectivity index (χ0) is 11.1. The van der Waals surface area contributed by atoms with Gasteiger partial charge in [-0.05, 0) is 12.5 Å². The van der Waals surface area contributed by atoms with E-state index in [9.17, 15) is 0 Å². The maximum absolute atomic E-state index is 5.35. The van der Waals surface area contributed by atoms with Gasteiger partial charge < -0.3 is 5.73 Å². The third kappa shape index (κ3) is 18.3. The van der Waals surface area contributed by atoms with Gasteiger partial charge in [-0.3, -0.25) is 0 Å². The van der Waals surface area contributed by atoms with Gasteiger partial charge in [0, 0.05) is 6.54 Å². The SMILES string of the molecule is C=C/C(=C\C=C/C)CN.CC.CC. The fourth-order valence-corrected chi connectivity index (χ4v) is 0.439. The van der Waals surface area contributed by atoms with Crippen molar-refractivity contribution in [3.05, 3.63) is 36.5 Å². The minimum absolute atomic E-state index is 0.563. The average Bonchev–Trinajstić information content (AvgIpc) is 2.25. The van der Waals surface area contributed by atoms with Crippen LogP contribution in [0.25, 0.3) is 0 Å². The molecule has 0 fully saturated rings. The number of rotatable bonds is 3. The fourth-order valence-electron chi connectivity index (χ4n) is 0.439. The van der Waals surface area contributed by atoms with Crippen LogP contribution in [0.2, 0.25) is 0 Å². The molecule has 0 aliphatic heterocycles. The Morgan fingerprint density at radius 3 is 1.92 bits per heavy atom. The van der Waals surface area contributed by atoms with E-state index in [1.165, 1.54) is 0 Å². The van der Waals surface area contributed by atoms with Crippen LogP contribution in [0.3, 0.4) is 0 Å². The predicted octanol–water partition coefficient (Wildman–Crippen LogP) is 3.69. The zero-order valence-corrected chi connectivity index (χ0v) is 9.80. The van der Waals surface area contributed by atoms with Gasteiger partial charge in [0.05, 0.1) is 0 Å². The second kappa shape index (κ2) is 22.5. The van der Waals surface area contributed by atoms with Crippen LogP contribution in [0, 0.1) is 0 Å². The lowest BCUT2D eigenvalue weighted by molar-refractivity contribution is 1.19. The molecule has 0 unspecified atom stereocenters. The van der Waals surface area contributed by atoms with E-state index in [0.29, 0.717) is 6.54 Å². The van der Waals surface area contributed by atoms with E-state index in [1.54, 1.807) is 6.08 Å². The van der Waals surface area contributed by atoms with Gasteiger partial charge in [0.2, 0.25) is 0 Å². The highest BCUT2D eigenvalue weighted by molar-refractivity contribution is 5.22. The van der Waals surface area contributed by atoms with Crippen molar-refractivity contribution in [1.29, 1.82) is 0 Å². The van der Waals surface area contributed by atoms with Gasteiger partial charge in [0.1, 0.15) is 0 Å². The largest absolute Gasteiger partial charge is 0.326 e. The molecule has 0 amide bonds.